The van der Waals surface area contributed by atoms with Crippen molar-refractivity contribution >= 4 is 51.6 Å². The normalized spacial score (nSPS) is 15.2. The number of fused-ring (bicyclic) bond motifs is 1. The molecule has 1 amide bonds. The first-order valence-corrected chi connectivity index (χ1v) is 9.86. The summed E-state index contributed by atoms with van der Waals surface area (Å²) in [5.41, 5.74) is 4.51. The van der Waals surface area contributed by atoms with Gasteiger partial charge in [0.05, 0.1) is 21.2 Å². The van der Waals surface area contributed by atoms with Gasteiger partial charge in [-0.25, -0.2) is 9.69 Å². The molecule has 4 rings (SSSR count). The highest BCUT2D eigenvalue weighted by Crippen LogP contribution is 2.32. The zero-order chi connectivity index (χ0) is 19.0. The number of nitrogens with one attached hydrogen (secondary N) is 1. The van der Waals surface area contributed by atoms with Crippen molar-refractivity contribution in [3.05, 3.63) is 57.2 Å². The van der Waals surface area contributed by atoms with E-state index in [0.717, 1.165) is 25.9 Å². The average Bonchev–Trinajstić information content (AvgIpc) is 3.03. The minimum atomic E-state index is -0.256. The summed E-state index contributed by atoms with van der Waals surface area (Å²) < 4.78 is 1.60. The van der Waals surface area contributed by atoms with E-state index in [9.17, 15) is 4.79 Å². The van der Waals surface area contributed by atoms with Crippen LogP contribution in [0.4, 0.5) is 0 Å². The Labute approximate surface area is 171 Å². The third-order valence-electron chi connectivity index (χ3n) is 4.62. The first kappa shape index (κ1) is 18.6. The molecule has 0 bridgehead atoms. The number of para-hydroxylation sites is 1. The molecule has 2 heterocycles. The second-order valence-corrected chi connectivity index (χ2v) is 7.73. The van der Waals surface area contributed by atoms with Crippen LogP contribution in [0.15, 0.2) is 36.4 Å². The average molecular weight is 424 g/mol. The number of carbonyl (C=O) groups excluding carboxylic acids is 1. The molecule has 0 atom stereocenters. The number of hydrogen-bond donors (Lipinski definition) is 1. The summed E-state index contributed by atoms with van der Waals surface area (Å²) in [6, 6.07) is 10.5. The molecule has 0 aliphatic carbocycles. The lowest BCUT2D eigenvalue weighted by Gasteiger charge is -2.26. The molecule has 1 N–H and O–H groups in total. The third-order valence-corrected chi connectivity index (χ3v) is 5.47. The van der Waals surface area contributed by atoms with E-state index in [4.69, 9.17) is 34.8 Å². The Morgan fingerprint density at radius 2 is 1.78 bits per heavy atom. The number of aromatic nitrogens is 2. The van der Waals surface area contributed by atoms with Crippen molar-refractivity contribution < 1.29 is 4.79 Å². The smallest absolute Gasteiger partial charge is 0.283 e. The number of carbonyl (C=O) groups is 1. The van der Waals surface area contributed by atoms with E-state index >= 15 is 0 Å². The fourth-order valence-corrected chi connectivity index (χ4v) is 4.07. The van der Waals surface area contributed by atoms with Gasteiger partial charge in [-0.1, -0.05) is 53.4 Å². The molecular formula is C19H17Cl3N4O. The van der Waals surface area contributed by atoms with Gasteiger partial charge in [0.2, 0.25) is 0 Å². The van der Waals surface area contributed by atoms with E-state index in [2.05, 4.69) is 10.5 Å². The Bertz CT molecular complexity index is 1010. The zero-order valence-corrected chi connectivity index (χ0v) is 16.7. The molecular weight excluding hydrogens is 407 g/mol. The Morgan fingerprint density at radius 1 is 1.00 bits per heavy atom. The van der Waals surface area contributed by atoms with Gasteiger partial charge in [0.15, 0.2) is 5.69 Å². The van der Waals surface area contributed by atoms with Gasteiger partial charge in [-0.2, -0.15) is 5.10 Å². The molecule has 8 heteroatoms. The van der Waals surface area contributed by atoms with Gasteiger partial charge >= 0.3 is 0 Å². The predicted octanol–water partition coefficient (Wildman–Crippen LogP) is 5.12. The van der Waals surface area contributed by atoms with E-state index < -0.39 is 0 Å². The first-order valence-electron chi connectivity index (χ1n) is 8.73. The van der Waals surface area contributed by atoms with Crippen LogP contribution in [0.3, 0.4) is 0 Å². The summed E-state index contributed by atoms with van der Waals surface area (Å²) in [7, 11) is 0. The fourth-order valence-electron chi connectivity index (χ4n) is 3.32. The predicted molar refractivity (Wildman–Crippen MR) is 109 cm³/mol. The van der Waals surface area contributed by atoms with Crippen molar-refractivity contribution in [2.75, 3.05) is 13.1 Å². The molecule has 140 valence electrons. The minimum Gasteiger partial charge on any atom is -0.283 e. The van der Waals surface area contributed by atoms with Gasteiger partial charge in [-0.15, -0.1) is 0 Å². The zero-order valence-electron chi connectivity index (χ0n) is 14.4. The van der Waals surface area contributed by atoms with Crippen LogP contribution in [-0.2, 0) is 0 Å². The molecule has 1 aliphatic rings. The Morgan fingerprint density at radius 3 is 2.52 bits per heavy atom. The lowest BCUT2D eigenvalue weighted by atomic mass is 10.1. The molecule has 27 heavy (non-hydrogen) atoms. The van der Waals surface area contributed by atoms with Gasteiger partial charge < -0.3 is 0 Å². The highest BCUT2D eigenvalue weighted by molar-refractivity contribution is 6.37. The SMILES string of the molecule is O=C(NN1CCCCC1)c1nn(-c2ccc(Cl)cc2Cl)c2c(Cl)cccc12. The van der Waals surface area contributed by atoms with Crippen molar-refractivity contribution in [3.8, 4) is 5.69 Å². The summed E-state index contributed by atoms with van der Waals surface area (Å²) in [4.78, 5) is 12.9. The molecule has 3 aromatic rings. The van der Waals surface area contributed by atoms with E-state index in [1.807, 2.05) is 11.1 Å². The van der Waals surface area contributed by atoms with Gasteiger partial charge in [-0.05, 0) is 37.1 Å². The maximum Gasteiger partial charge on any atom is 0.286 e. The van der Waals surface area contributed by atoms with Gasteiger partial charge in [0.1, 0.15) is 0 Å². The van der Waals surface area contributed by atoms with Crippen LogP contribution in [0.2, 0.25) is 15.1 Å². The van der Waals surface area contributed by atoms with Crippen LogP contribution < -0.4 is 5.43 Å². The van der Waals surface area contributed by atoms with E-state index in [1.165, 1.54) is 6.42 Å². The van der Waals surface area contributed by atoms with Crippen LogP contribution in [0.25, 0.3) is 16.6 Å². The van der Waals surface area contributed by atoms with Crippen molar-refractivity contribution in [2.24, 2.45) is 0 Å². The van der Waals surface area contributed by atoms with Crippen LogP contribution in [0, 0.1) is 0 Å². The summed E-state index contributed by atoms with van der Waals surface area (Å²) >= 11 is 18.8. The first-order chi connectivity index (χ1) is 13.0. The van der Waals surface area contributed by atoms with Crippen molar-refractivity contribution in [1.82, 2.24) is 20.2 Å². The lowest BCUT2D eigenvalue weighted by molar-refractivity contribution is 0.0746. The summed E-state index contributed by atoms with van der Waals surface area (Å²) in [5, 5.41) is 8.59. The van der Waals surface area contributed by atoms with Crippen LogP contribution in [0.1, 0.15) is 29.8 Å². The third kappa shape index (κ3) is 3.65. The summed E-state index contributed by atoms with van der Waals surface area (Å²) in [5.74, 6) is -0.256. The van der Waals surface area contributed by atoms with E-state index in [1.54, 1.807) is 35.0 Å². The maximum absolute atomic E-state index is 12.9. The number of hydrazine groups is 1. The molecule has 1 saturated heterocycles. The molecule has 1 fully saturated rings. The fraction of sp³-hybridized carbons (Fsp3) is 0.263. The monoisotopic (exact) mass is 422 g/mol. The number of hydrogen-bond acceptors (Lipinski definition) is 3. The quantitative estimate of drug-likeness (QED) is 0.636. The Hall–Kier alpha value is -1.79. The topological polar surface area (TPSA) is 50.2 Å². The number of piperidine rings is 1. The highest BCUT2D eigenvalue weighted by Gasteiger charge is 2.23. The molecule has 0 radical (unpaired) electrons. The van der Waals surface area contributed by atoms with Crippen molar-refractivity contribution in [3.63, 3.8) is 0 Å². The lowest BCUT2D eigenvalue weighted by Crippen LogP contribution is -2.45. The molecule has 1 aliphatic heterocycles. The van der Waals surface area contributed by atoms with E-state index in [-0.39, 0.29) is 5.91 Å². The largest absolute Gasteiger partial charge is 0.286 e. The van der Waals surface area contributed by atoms with Crippen molar-refractivity contribution in [1.29, 1.82) is 0 Å². The number of nitrogens with zero attached hydrogens (tertiary/aromatic N) is 3. The number of benzene rings is 2. The van der Waals surface area contributed by atoms with Gasteiger partial charge in [-0.3, -0.25) is 10.2 Å². The summed E-state index contributed by atoms with van der Waals surface area (Å²) in [6.45, 7) is 1.68. The minimum absolute atomic E-state index is 0.256. The molecule has 0 saturated carbocycles. The molecule has 1 aromatic heterocycles. The van der Waals surface area contributed by atoms with Crippen LogP contribution >= 0.6 is 34.8 Å². The Kier molecular flexibility index (Phi) is 5.28. The van der Waals surface area contributed by atoms with E-state index in [0.29, 0.717) is 37.4 Å². The molecule has 2 aromatic carbocycles. The second-order valence-electron chi connectivity index (χ2n) is 6.48. The number of halogens is 3. The number of rotatable bonds is 3. The van der Waals surface area contributed by atoms with Gasteiger partial charge in [0.25, 0.3) is 5.91 Å². The standard InChI is InChI=1S/C19H17Cl3N4O/c20-12-7-8-16(15(22)11-12)26-18-13(5-4-6-14(18)21)17(23-26)19(27)24-25-9-2-1-3-10-25/h4-8,11H,1-3,9-10H2,(H,24,27). The molecule has 0 unspecified atom stereocenters. The number of amides is 1. The maximum atomic E-state index is 12.9. The second kappa shape index (κ2) is 7.68. The van der Waals surface area contributed by atoms with Crippen molar-refractivity contribution in [2.45, 2.75) is 19.3 Å². The van der Waals surface area contributed by atoms with Crippen LogP contribution in [-0.4, -0.2) is 33.8 Å². The Balaban J connectivity index is 1.80. The molecule has 0 spiro atoms. The van der Waals surface area contributed by atoms with Gasteiger partial charge in [0, 0.05) is 23.5 Å². The molecule has 5 nitrogen and oxygen atoms in total. The summed E-state index contributed by atoms with van der Waals surface area (Å²) in [6.07, 6.45) is 3.33. The highest BCUT2D eigenvalue weighted by atomic mass is 35.5. The van der Waals surface area contributed by atoms with Crippen LogP contribution in [0.5, 0.6) is 0 Å².